The van der Waals surface area contributed by atoms with Gasteiger partial charge in [0.1, 0.15) is 0 Å². The van der Waals surface area contributed by atoms with Crippen LogP contribution in [0.4, 0.5) is 0 Å². The fourth-order valence-corrected chi connectivity index (χ4v) is 5.82. The van der Waals surface area contributed by atoms with Crippen LogP contribution in [-0.2, 0) is 0 Å². The Kier molecular flexibility index (Phi) is 4.29. The first-order valence-electron chi connectivity index (χ1n) is 8.45. The van der Waals surface area contributed by atoms with Gasteiger partial charge in [0.25, 0.3) is 0 Å². The van der Waals surface area contributed by atoms with Crippen molar-refractivity contribution in [3.05, 3.63) is 60.5 Å². The van der Waals surface area contributed by atoms with Crippen molar-refractivity contribution >= 4 is 70.5 Å². The van der Waals surface area contributed by atoms with Gasteiger partial charge >= 0.3 is 0 Å². The molecule has 2 nitrogen and oxygen atoms in total. The van der Waals surface area contributed by atoms with Gasteiger partial charge in [-0.25, -0.2) is 0 Å². The van der Waals surface area contributed by atoms with E-state index in [1.165, 1.54) is 44.8 Å². The van der Waals surface area contributed by atoms with Crippen molar-refractivity contribution in [2.75, 3.05) is 0 Å². The fourth-order valence-electron chi connectivity index (χ4n) is 3.98. The molecule has 0 saturated carbocycles. The summed E-state index contributed by atoms with van der Waals surface area (Å²) in [4.78, 5) is 26.5. The molecule has 0 bridgehead atoms. The summed E-state index contributed by atoms with van der Waals surface area (Å²) in [5, 5.41) is 0. The molecule has 4 rings (SSSR count). The largest absolute Gasteiger partial charge is 0.297 e. The Morgan fingerprint density at radius 2 is 1.23 bits per heavy atom. The smallest absolute Gasteiger partial charge is 0.245 e. The summed E-state index contributed by atoms with van der Waals surface area (Å²) in [5.41, 5.74) is 7.30. The minimum absolute atomic E-state index is 0.0329. The van der Waals surface area contributed by atoms with Crippen molar-refractivity contribution in [3.63, 3.8) is 0 Å². The van der Waals surface area contributed by atoms with Crippen molar-refractivity contribution in [2.24, 2.45) is 0 Å². The first-order chi connectivity index (χ1) is 12.5. The standard InChI is InChI=1S/C21H17BO2S2/c1-12-6-13(2)21(14(3)7-12)22-17-8-15(10-23)25-19(17)4-5-20-18(22)9-16(11-24)26-20/h4-11H,1-3H3. The number of aryl methyl sites for hydroxylation is 3. The summed E-state index contributed by atoms with van der Waals surface area (Å²) in [6.07, 6.45) is 6.00. The van der Waals surface area contributed by atoms with E-state index in [4.69, 9.17) is 0 Å². The van der Waals surface area contributed by atoms with E-state index in [0.717, 1.165) is 43.0 Å². The number of carbonyl (C=O) groups excluding carboxylic acids is 2. The van der Waals surface area contributed by atoms with Gasteiger partial charge in [-0.1, -0.05) is 45.2 Å². The van der Waals surface area contributed by atoms with Crippen LogP contribution in [-0.4, -0.2) is 19.3 Å². The van der Waals surface area contributed by atoms with Gasteiger partial charge in [0.05, 0.1) is 9.75 Å². The molecule has 2 aromatic heterocycles. The summed E-state index contributed by atoms with van der Waals surface area (Å²) < 4.78 is 0. The lowest BCUT2D eigenvalue weighted by molar-refractivity contribution is 0.111. The van der Waals surface area contributed by atoms with E-state index in [0.29, 0.717) is 0 Å². The molecule has 3 aromatic rings. The van der Waals surface area contributed by atoms with Crippen LogP contribution in [0.5, 0.6) is 0 Å². The summed E-state index contributed by atoms with van der Waals surface area (Å²) in [6.45, 7) is 6.44. The van der Waals surface area contributed by atoms with Gasteiger partial charge in [0.2, 0.25) is 6.71 Å². The maximum atomic E-state index is 11.4. The number of benzene rings is 1. The zero-order chi connectivity index (χ0) is 18.4. The van der Waals surface area contributed by atoms with Crippen LogP contribution >= 0.6 is 22.7 Å². The van der Waals surface area contributed by atoms with Crippen LogP contribution in [0, 0.1) is 20.8 Å². The molecule has 5 heteroatoms. The molecular weight excluding hydrogens is 359 g/mol. The normalized spacial score (nSPS) is 12.5. The maximum Gasteiger partial charge on any atom is 0.245 e. The molecule has 0 atom stereocenters. The second kappa shape index (κ2) is 6.49. The molecule has 0 fully saturated rings. The quantitative estimate of drug-likeness (QED) is 0.406. The summed E-state index contributed by atoms with van der Waals surface area (Å²) in [6, 6.07) is 8.43. The molecule has 0 aliphatic carbocycles. The number of carbonyl (C=O) groups is 2. The molecule has 1 aliphatic heterocycles. The lowest BCUT2D eigenvalue weighted by Crippen LogP contribution is -2.54. The van der Waals surface area contributed by atoms with Crippen LogP contribution in [0.3, 0.4) is 0 Å². The third-order valence-corrected chi connectivity index (χ3v) is 6.97. The molecule has 1 aromatic carbocycles. The molecule has 0 radical (unpaired) electrons. The van der Waals surface area contributed by atoms with Gasteiger partial charge < -0.3 is 0 Å². The molecule has 0 spiro atoms. The van der Waals surface area contributed by atoms with E-state index in [9.17, 15) is 9.59 Å². The Balaban J connectivity index is 2.05. The predicted octanol–water partition coefficient (Wildman–Crippen LogP) is 3.36. The Bertz CT molecular complexity index is 993. The Morgan fingerprint density at radius 1 is 0.769 bits per heavy atom. The van der Waals surface area contributed by atoms with Crippen molar-refractivity contribution in [1.82, 2.24) is 0 Å². The highest BCUT2D eigenvalue weighted by Crippen LogP contribution is 2.25. The Morgan fingerprint density at radius 3 is 1.65 bits per heavy atom. The number of thiophene rings is 2. The summed E-state index contributed by atoms with van der Waals surface area (Å²) >= 11 is 3.05. The topological polar surface area (TPSA) is 34.1 Å². The number of hydrogen-bond acceptors (Lipinski definition) is 4. The third kappa shape index (κ3) is 2.72. The van der Waals surface area contributed by atoms with Crippen LogP contribution in [0.2, 0.25) is 0 Å². The molecule has 0 amide bonds. The fraction of sp³-hybridized carbons (Fsp3) is 0.143. The average molecular weight is 376 g/mol. The van der Waals surface area contributed by atoms with Crippen LogP contribution < -0.4 is 16.4 Å². The minimum atomic E-state index is 0.0329. The molecule has 1 aliphatic rings. The average Bonchev–Trinajstić information content (AvgIpc) is 3.17. The summed E-state index contributed by atoms with van der Waals surface area (Å²) in [5.74, 6) is 0. The van der Waals surface area contributed by atoms with Crippen LogP contribution in [0.25, 0.3) is 12.2 Å². The van der Waals surface area contributed by atoms with Crippen molar-refractivity contribution in [2.45, 2.75) is 20.8 Å². The van der Waals surface area contributed by atoms with E-state index in [2.05, 4.69) is 45.1 Å². The number of rotatable bonds is 3. The van der Waals surface area contributed by atoms with Gasteiger partial charge in [0.15, 0.2) is 12.6 Å². The molecule has 128 valence electrons. The molecule has 0 saturated heterocycles. The van der Waals surface area contributed by atoms with Crippen molar-refractivity contribution < 1.29 is 9.59 Å². The van der Waals surface area contributed by atoms with E-state index >= 15 is 0 Å². The van der Waals surface area contributed by atoms with E-state index in [-0.39, 0.29) is 6.71 Å². The molecule has 26 heavy (non-hydrogen) atoms. The molecule has 3 heterocycles. The lowest BCUT2D eigenvalue weighted by Gasteiger charge is -2.19. The Hall–Kier alpha value is -2.24. The van der Waals surface area contributed by atoms with E-state index < -0.39 is 0 Å². The van der Waals surface area contributed by atoms with Gasteiger partial charge in [0, 0.05) is 9.75 Å². The van der Waals surface area contributed by atoms with Crippen LogP contribution in [0.15, 0.2) is 24.3 Å². The highest BCUT2D eigenvalue weighted by atomic mass is 32.1. The summed E-state index contributed by atoms with van der Waals surface area (Å²) in [7, 11) is 0. The second-order valence-corrected chi connectivity index (χ2v) is 8.98. The van der Waals surface area contributed by atoms with E-state index in [1.807, 2.05) is 12.1 Å². The molecule has 0 unspecified atom stereocenters. The lowest BCUT2D eigenvalue weighted by atomic mass is 9.35. The zero-order valence-electron chi connectivity index (χ0n) is 14.8. The Labute approximate surface area is 161 Å². The van der Waals surface area contributed by atoms with Crippen molar-refractivity contribution in [3.8, 4) is 0 Å². The molecule has 0 N–H and O–H groups in total. The zero-order valence-corrected chi connectivity index (χ0v) is 16.5. The number of aldehydes is 2. The monoisotopic (exact) mass is 376 g/mol. The van der Waals surface area contributed by atoms with E-state index in [1.54, 1.807) is 0 Å². The third-order valence-electron chi connectivity index (χ3n) is 4.89. The number of hydrogen-bond donors (Lipinski definition) is 0. The van der Waals surface area contributed by atoms with Gasteiger partial charge in [-0.15, -0.1) is 22.7 Å². The van der Waals surface area contributed by atoms with Crippen molar-refractivity contribution in [1.29, 1.82) is 0 Å². The second-order valence-electron chi connectivity index (χ2n) is 6.75. The highest BCUT2D eigenvalue weighted by Gasteiger charge is 2.32. The first kappa shape index (κ1) is 17.2. The van der Waals surface area contributed by atoms with Crippen LogP contribution in [0.1, 0.15) is 45.8 Å². The van der Waals surface area contributed by atoms with Gasteiger partial charge in [-0.2, -0.15) is 0 Å². The van der Waals surface area contributed by atoms with Gasteiger partial charge in [-0.3, -0.25) is 9.59 Å². The predicted molar refractivity (Wildman–Crippen MR) is 114 cm³/mol. The minimum Gasteiger partial charge on any atom is -0.297 e. The number of fused-ring (bicyclic) bond motifs is 2. The first-order valence-corrected chi connectivity index (χ1v) is 10.1. The molecular formula is C21H17BO2S2. The highest BCUT2D eigenvalue weighted by molar-refractivity contribution is 7.20. The maximum absolute atomic E-state index is 11.4. The van der Waals surface area contributed by atoms with Gasteiger partial charge in [-0.05, 0) is 45.1 Å². The SMILES string of the molecule is Cc1cc(C)c(B2c3cc(C=O)sc3C=Cc3sc(C=O)cc32)c(C)c1.